The number of hydrogen-bond donors (Lipinski definition) is 1. The number of likely N-dealkylation sites (tertiary alicyclic amines) is 1. The molecule has 0 aliphatic carbocycles. The van der Waals surface area contributed by atoms with E-state index in [4.69, 9.17) is 8.83 Å². The molecule has 0 saturated carbocycles. The molecule has 1 aromatic carbocycles. The van der Waals surface area contributed by atoms with E-state index < -0.39 is 0 Å². The molecule has 31 heavy (non-hydrogen) atoms. The topological polar surface area (TPSA) is 76.4 Å². The maximum Gasteiger partial charge on any atom is 0.270 e. The summed E-state index contributed by atoms with van der Waals surface area (Å²) in [7, 11) is 0. The van der Waals surface area contributed by atoms with Crippen LogP contribution in [0.5, 0.6) is 0 Å². The lowest BCUT2D eigenvalue weighted by atomic mass is 10.2. The van der Waals surface area contributed by atoms with Crippen LogP contribution in [0.25, 0.3) is 17.1 Å². The van der Waals surface area contributed by atoms with E-state index in [1.807, 2.05) is 48.5 Å². The summed E-state index contributed by atoms with van der Waals surface area (Å²) in [6.45, 7) is 2.47. The van der Waals surface area contributed by atoms with Crippen molar-refractivity contribution in [2.24, 2.45) is 0 Å². The molecule has 1 N–H and O–H groups in total. The number of nitrogens with one attached hydrogen (secondary N) is 1. The van der Waals surface area contributed by atoms with E-state index in [0.29, 0.717) is 23.7 Å². The highest BCUT2D eigenvalue weighted by atomic mass is 16.3. The molecule has 7 nitrogen and oxygen atoms in total. The van der Waals surface area contributed by atoms with Crippen LogP contribution in [0.4, 0.5) is 0 Å². The van der Waals surface area contributed by atoms with Gasteiger partial charge in [0.05, 0.1) is 24.3 Å². The first-order valence-corrected chi connectivity index (χ1v) is 10.5. The van der Waals surface area contributed by atoms with Crippen LogP contribution in [0.3, 0.4) is 0 Å². The molecule has 1 saturated heterocycles. The molecule has 1 amide bonds. The van der Waals surface area contributed by atoms with Crippen molar-refractivity contribution in [2.75, 3.05) is 19.6 Å². The number of benzene rings is 1. The molecule has 7 heteroatoms. The molecule has 1 atom stereocenters. The molecule has 158 valence electrons. The third kappa shape index (κ3) is 4.04. The van der Waals surface area contributed by atoms with Crippen LogP contribution in [0.1, 0.15) is 35.1 Å². The van der Waals surface area contributed by atoms with Crippen molar-refractivity contribution in [3.05, 3.63) is 84.6 Å². The summed E-state index contributed by atoms with van der Waals surface area (Å²) in [6, 6.07) is 18.9. The minimum atomic E-state index is -0.190. The quantitative estimate of drug-likeness (QED) is 0.486. The van der Waals surface area contributed by atoms with Crippen LogP contribution < -0.4 is 5.32 Å². The highest BCUT2D eigenvalue weighted by molar-refractivity contribution is 5.94. The Morgan fingerprint density at radius 3 is 2.48 bits per heavy atom. The van der Waals surface area contributed by atoms with Gasteiger partial charge in [-0.3, -0.25) is 9.69 Å². The first-order chi connectivity index (χ1) is 15.3. The number of nitrogens with zero attached hydrogens (tertiary/aromatic N) is 3. The minimum absolute atomic E-state index is 0.0130. The first-order valence-electron chi connectivity index (χ1n) is 10.5. The number of carbonyl (C=O) groups excluding carboxylic acids is 1. The smallest absolute Gasteiger partial charge is 0.270 e. The second-order valence-corrected chi connectivity index (χ2v) is 7.62. The number of hydrogen-bond acceptors (Lipinski definition) is 5. The minimum Gasteiger partial charge on any atom is -0.468 e. The molecule has 5 rings (SSSR count). The van der Waals surface area contributed by atoms with Gasteiger partial charge in [-0.25, -0.2) is 4.68 Å². The lowest BCUT2D eigenvalue weighted by molar-refractivity contribution is 0.0926. The van der Waals surface area contributed by atoms with Crippen molar-refractivity contribution in [3.63, 3.8) is 0 Å². The molecule has 1 aliphatic rings. The fourth-order valence-corrected chi connectivity index (χ4v) is 4.08. The third-order valence-electron chi connectivity index (χ3n) is 5.63. The zero-order valence-corrected chi connectivity index (χ0v) is 17.1. The van der Waals surface area contributed by atoms with Gasteiger partial charge in [0.25, 0.3) is 5.91 Å². The molecular weight excluding hydrogens is 392 g/mol. The summed E-state index contributed by atoms with van der Waals surface area (Å²) in [6.07, 6.45) is 5.61. The number of rotatable bonds is 7. The average Bonchev–Trinajstić information content (AvgIpc) is 3.61. The number of carbonyl (C=O) groups is 1. The lowest BCUT2D eigenvalue weighted by Crippen LogP contribution is -2.37. The zero-order valence-electron chi connectivity index (χ0n) is 17.1. The summed E-state index contributed by atoms with van der Waals surface area (Å²) in [5.41, 5.74) is 1.88. The van der Waals surface area contributed by atoms with E-state index in [0.717, 1.165) is 24.5 Å². The SMILES string of the molecule is O=C(NC[C@H](c1ccco1)N1CCCC1)c1cc(-c2ccco2)nn1-c1ccccc1. The van der Waals surface area contributed by atoms with E-state index in [1.165, 1.54) is 12.8 Å². The number of aromatic nitrogens is 2. The van der Waals surface area contributed by atoms with E-state index in [9.17, 15) is 4.79 Å². The Kier molecular flexibility index (Phi) is 5.41. The second kappa shape index (κ2) is 8.65. The standard InChI is InChI=1S/C24H24N4O3/c29-24(25-17-21(23-11-7-15-31-23)27-12-4-5-13-27)20-16-19(22-10-6-14-30-22)26-28(20)18-8-2-1-3-9-18/h1-3,6-11,14-16,21H,4-5,12-13,17H2,(H,25,29)/t21-/m1/s1. The van der Waals surface area contributed by atoms with Gasteiger partial charge in [-0.05, 0) is 62.3 Å². The Morgan fingerprint density at radius 1 is 1.00 bits per heavy atom. The van der Waals surface area contributed by atoms with Gasteiger partial charge in [0.2, 0.25) is 0 Å². The predicted octanol–water partition coefficient (Wildman–Crippen LogP) is 4.29. The van der Waals surface area contributed by atoms with Crippen molar-refractivity contribution in [1.82, 2.24) is 20.0 Å². The van der Waals surface area contributed by atoms with Gasteiger partial charge in [-0.15, -0.1) is 0 Å². The highest BCUT2D eigenvalue weighted by Gasteiger charge is 2.27. The maximum absolute atomic E-state index is 13.3. The van der Waals surface area contributed by atoms with Crippen molar-refractivity contribution in [1.29, 1.82) is 0 Å². The maximum atomic E-state index is 13.3. The Labute approximate surface area is 180 Å². The molecule has 0 spiro atoms. The monoisotopic (exact) mass is 416 g/mol. The van der Waals surface area contributed by atoms with Crippen LogP contribution in [-0.4, -0.2) is 40.2 Å². The molecular formula is C24H24N4O3. The summed E-state index contributed by atoms with van der Waals surface area (Å²) in [5.74, 6) is 1.30. The van der Waals surface area contributed by atoms with Crippen molar-refractivity contribution in [2.45, 2.75) is 18.9 Å². The van der Waals surface area contributed by atoms with Crippen LogP contribution >= 0.6 is 0 Å². The number of para-hydroxylation sites is 1. The van der Waals surface area contributed by atoms with Gasteiger partial charge in [0.15, 0.2) is 5.76 Å². The number of furan rings is 2. The Hall–Kier alpha value is -3.58. The van der Waals surface area contributed by atoms with Gasteiger partial charge in [0.1, 0.15) is 17.1 Å². The number of amides is 1. The Balaban J connectivity index is 1.41. The molecule has 0 unspecified atom stereocenters. The normalized spacial score (nSPS) is 15.2. The van der Waals surface area contributed by atoms with Crippen LogP contribution in [0.2, 0.25) is 0 Å². The van der Waals surface area contributed by atoms with Crippen molar-refractivity contribution < 1.29 is 13.6 Å². The van der Waals surface area contributed by atoms with Crippen molar-refractivity contribution in [3.8, 4) is 17.1 Å². The average molecular weight is 416 g/mol. The summed E-state index contributed by atoms with van der Waals surface area (Å²) >= 11 is 0. The summed E-state index contributed by atoms with van der Waals surface area (Å²) < 4.78 is 12.8. The fourth-order valence-electron chi connectivity index (χ4n) is 4.08. The van der Waals surface area contributed by atoms with Crippen LogP contribution in [-0.2, 0) is 0 Å². The predicted molar refractivity (Wildman–Crippen MR) is 116 cm³/mol. The molecule has 4 heterocycles. The first kappa shape index (κ1) is 19.4. The van der Waals surface area contributed by atoms with Crippen LogP contribution in [0, 0.1) is 0 Å². The van der Waals surface area contributed by atoms with Crippen molar-refractivity contribution >= 4 is 5.91 Å². The molecule has 0 radical (unpaired) electrons. The van der Waals surface area contributed by atoms with E-state index in [1.54, 1.807) is 29.3 Å². The largest absolute Gasteiger partial charge is 0.468 e. The van der Waals surface area contributed by atoms with Gasteiger partial charge >= 0.3 is 0 Å². The van der Waals surface area contributed by atoms with Gasteiger partial charge in [-0.1, -0.05) is 18.2 Å². The molecule has 0 bridgehead atoms. The summed E-state index contributed by atoms with van der Waals surface area (Å²) in [5, 5.41) is 7.73. The summed E-state index contributed by atoms with van der Waals surface area (Å²) in [4.78, 5) is 15.6. The molecule has 3 aromatic heterocycles. The van der Waals surface area contributed by atoms with Gasteiger partial charge in [-0.2, -0.15) is 5.10 Å². The van der Waals surface area contributed by atoms with Gasteiger partial charge in [0, 0.05) is 12.6 Å². The molecule has 4 aromatic rings. The van der Waals surface area contributed by atoms with E-state index in [2.05, 4.69) is 15.3 Å². The lowest BCUT2D eigenvalue weighted by Gasteiger charge is -2.26. The van der Waals surface area contributed by atoms with Crippen LogP contribution in [0.15, 0.2) is 82.0 Å². The third-order valence-corrected chi connectivity index (χ3v) is 5.63. The van der Waals surface area contributed by atoms with E-state index in [-0.39, 0.29) is 11.9 Å². The zero-order chi connectivity index (χ0) is 21.0. The Morgan fingerprint density at radius 2 is 1.77 bits per heavy atom. The molecule has 1 fully saturated rings. The molecule has 1 aliphatic heterocycles. The fraction of sp³-hybridized carbons (Fsp3) is 0.250. The Bertz CT molecular complexity index is 1110. The second-order valence-electron chi connectivity index (χ2n) is 7.62. The highest BCUT2D eigenvalue weighted by Crippen LogP contribution is 2.26. The van der Waals surface area contributed by atoms with Gasteiger partial charge < -0.3 is 14.2 Å². The van der Waals surface area contributed by atoms with E-state index >= 15 is 0 Å².